The zero-order chi connectivity index (χ0) is 20.4. The van der Waals surface area contributed by atoms with E-state index in [-0.39, 0.29) is 11.9 Å². The zero-order valence-electron chi connectivity index (χ0n) is 17.6. The maximum absolute atomic E-state index is 13.0. The summed E-state index contributed by atoms with van der Waals surface area (Å²) in [7, 11) is 1.69. The van der Waals surface area contributed by atoms with Crippen molar-refractivity contribution in [3.63, 3.8) is 0 Å². The van der Waals surface area contributed by atoms with Crippen LogP contribution in [0.4, 0.5) is 0 Å². The summed E-state index contributed by atoms with van der Waals surface area (Å²) in [5.74, 6) is 2.18. The number of hydrogen-bond donors (Lipinski definition) is 1. The zero-order valence-corrected chi connectivity index (χ0v) is 17.6. The Kier molecular flexibility index (Phi) is 6.09. The molecule has 0 aromatic heterocycles. The molecule has 6 heteroatoms. The van der Waals surface area contributed by atoms with Crippen LogP contribution in [0.3, 0.4) is 0 Å². The molecule has 3 heterocycles. The van der Waals surface area contributed by atoms with E-state index in [1.807, 2.05) is 19.1 Å². The van der Waals surface area contributed by atoms with Crippen molar-refractivity contribution in [1.29, 1.82) is 0 Å². The van der Waals surface area contributed by atoms with E-state index in [4.69, 9.17) is 4.74 Å². The van der Waals surface area contributed by atoms with E-state index in [1.54, 1.807) is 7.11 Å². The summed E-state index contributed by atoms with van der Waals surface area (Å²) in [5.41, 5.74) is 1.21. The minimum atomic E-state index is 0.105. The first-order chi connectivity index (χ1) is 14.1. The van der Waals surface area contributed by atoms with Crippen molar-refractivity contribution in [2.45, 2.75) is 51.1 Å². The summed E-state index contributed by atoms with van der Waals surface area (Å²) >= 11 is 0. The largest absolute Gasteiger partial charge is 0.497 e. The van der Waals surface area contributed by atoms with Gasteiger partial charge in [-0.25, -0.2) is 0 Å². The number of methoxy groups -OCH3 is 1. The predicted octanol–water partition coefficient (Wildman–Crippen LogP) is 2.08. The van der Waals surface area contributed by atoms with Crippen LogP contribution in [0.2, 0.25) is 0 Å². The molecule has 3 aliphatic heterocycles. The fourth-order valence-electron chi connectivity index (χ4n) is 5.76. The van der Waals surface area contributed by atoms with E-state index in [0.29, 0.717) is 43.3 Å². The lowest BCUT2D eigenvalue weighted by Crippen LogP contribution is -2.66. The number of amides is 2. The molecule has 158 valence electrons. The first kappa shape index (κ1) is 20.2. The third-order valence-electron chi connectivity index (χ3n) is 6.89. The summed E-state index contributed by atoms with van der Waals surface area (Å²) in [6.07, 6.45) is 4.77. The average molecular weight is 400 g/mol. The topological polar surface area (TPSA) is 61.9 Å². The van der Waals surface area contributed by atoms with Crippen LogP contribution in [0.15, 0.2) is 24.3 Å². The van der Waals surface area contributed by atoms with Crippen LogP contribution in [0.1, 0.15) is 38.2 Å². The van der Waals surface area contributed by atoms with E-state index in [1.165, 1.54) is 5.56 Å². The molecule has 2 amide bonds. The van der Waals surface area contributed by atoms with Gasteiger partial charge in [-0.2, -0.15) is 0 Å². The summed E-state index contributed by atoms with van der Waals surface area (Å²) in [6.45, 7) is 4.90. The molecule has 1 aromatic carbocycles. The van der Waals surface area contributed by atoms with E-state index in [0.717, 1.165) is 44.5 Å². The van der Waals surface area contributed by atoms with Gasteiger partial charge in [0.05, 0.1) is 13.7 Å². The Morgan fingerprint density at radius 1 is 1.28 bits per heavy atom. The minimum Gasteiger partial charge on any atom is -0.497 e. The third-order valence-corrected chi connectivity index (χ3v) is 6.89. The Morgan fingerprint density at radius 2 is 2.10 bits per heavy atom. The summed E-state index contributed by atoms with van der Waals surface area (Å²) < 4.78 is 5.40. The minimum absolute atomic E-state index is 0.105. The number of benzene rings is 1. The Labute approximate surface area is 173 Å². The fraction of sp³-hybridized carbons (Fsp3) is 0.652. The van der Waals surface area contributed by atoms with Gasteiger partial charge < -0.3 is 15.0 Å². The van der Waals surface area contributed by atoms with Gasteiger partial charge in [-0.1, -0.05) is 12.1 Å². The lowest BCUT2D eigenvalue weighted by atomic mass is 9.70. The molecule has 3 saturated heterocycles. The molecule has 6 nitrogen and oxygen atoms in total. The van der Waals surface area contributed by atoms with E-state index < -0.39 is 0 Å². The van der Waals surface area contributed by atoms with Gasteiger partial charge in [0.15, 0.2) is 0 Å². The molecule has 4 atom stereocenters. The number of hydrogen-bond acceptors (Lipinski definition) is 4. The normalized spacial score (nSPS) is 29.3. The highest BCUT2D eigenvalue weighted by Gasteiger charge is 2.49. The smallest absolute Gasteiger partial charge is 0.234 e. The number of nitrogens with zero attached hydrogens (tertiary/aromatic N) is 2. The molecule has 0 aliphatic carbocycles. The summed E-state index contributed by atoms with van der Waals surface area (Å²) in [5, 5.41) is 2.93. The number of likely N-dealkylation sites (tertiary alicyclic amines) is 1. The molecule has 0 saturated carbocycles. The van der Waals surface area contributed by atoms with Gasteiger partial charge in [-0.05, 0) is 62.1 Å². The number of piperidine rings is 3. The quantitative estimate of drug-likeness (QED) is 0.796. The van der Waals surface area contributed by atoms with Crippen LogP contribution in [-0.2, 0) is 16.0 Å². The van der Waals surface area contributed by atoms with Crippen molar-refractivity contribution >= 4 is 11.8 Å². The molecule has 1 aromatic rings. The van der Waals surface area contributed by atoms with Crippen LogP contribution in [-0.4, -0.2) is 67.0 Å². The summed E-state index contributed by atoms with van der Waals surface area (Å²) in [6, 6.07) is 8.73. The van der Waals surface area contributed by atoms with Crippen molar-refractivity contribution in [1.82, 2.24) is 15.1 Å². The molecule has 2 bridgehead atoms. The van der Waals surface area contributed by atoms with Crippen molar-refractivity contribution in [3.05, 3.63) is 29.8 Å². The van der Waals surface area contributed by atoms with Crippen molar-refractivity contribution in [3.8, 4) is 5.75 Å². The van der Waals surface area contributed by atoms with Crippen LogP contribution >= 0.6 is 0 Å². The molecule has 0 unspecified atom stereocenters. The molecule has 3 aliphatic rings. The van der Waals surface area contributed by atoms with Crippen molar-refractivity contribution < 1.29 is 14.3 Å². The molecule has 0 radical (unpaired) electrons. The van der Waals surface area contributed by atoms with Gasteiger partial charge in [-0.3, -0.25) is 14.5 Å². The van der Waals surface area contributed by atoms with Gasteiger partial charge in [0.25, 0.3) is 0 Å². The molecule has 29 heavy (non-hydrogen) atoms. The molecular formula is C23H33N3O3. The average Bonchev–Trinajstić information content (AvgIpc) is 2.71. The van der Waals surface area contributed by atoms with Crippen molar-refractivity contribution in [2.75, 3.05) is 33.3 Å². The first-order valence-electron chi connectivity index (χ1n) is 11.0. The van der Waals surface area contributed by atoms with Gasteiger partial charge in [0, 0.05) is 38.1 Å². The fourth-order valence-corrected chi connectivity index (χ4v) is 5.76. The Morgan fingerprint density at radius 3 is 2.90 bits per heavy atom. The monoisotopic (exact) mass is 399 g/mol. The predicted molar refractivity (Wildman–Crippen MR) is 112 cm³/mol. The molecule has 3 fully saturated rings. The second-order valence-corrected chi connectivity index (χ2v) is 8.79. The lowest BCUT2D eigenvalue weighted by Gasteiger charge is -2.56. The molecular weight excluding hydrogens is 366 g/mol. The van der Waals surface area contributed by atoms with Gasteiger partial charge >= 0.3 is 0 Å². The number of likely N-dealkylation sites (N-methyl/N-ethyl adjacent to an activating group) is 1. The number of rotatable bonds is 6. The first-order valence-corrected chi connectivity index (χ1v) is 11.0. The summed E-state index contributed by atoms with van der Waals surface area (Å²) in [4.78, 5) is 29.7. The highest BCUT2D eigenvalue weighted by atomic mass is 16.5. The Bertz CT molecular complexity index is 753. The standard InChI is InChI=1S/C23H33N3O3/c1-3-24-22(27)15-25-13-17-12-18(14-25)21(26-20(17)8-5-9-23(26)28)11-16-6-4-7-19(10-16)29-2/h4,6-7,10,17-18,20-21H,3,5,8-9,11-15H2,1-2H3,(H,24,27)/t17-,18+,20+,21+/m1/s1. The van der Waals surface area contributed by atoms with Gasteiger partial charge in [0.1, 0.15) is 5.75 Å². The Balaban J connectivity index is 1.57. The van der Waals surface area contributed by atoms with E-state index in [2.05, 4.69) is 27.2 Å². The van der Waals surface area contributed by atoms with E-state index >= 15 is 0 Å². The highest BCUT2D eigenvalue weighted by Crippen LogP contribution is 2.42. The number of ether oxygens (including phenoxy) is 1. The highest BCUT2D eigenvalue weighted by molar-refractivity contribution is 5.78. The second-order valence-electron chi connectivity index (χ2n) is 8.79. The number of nitrogens with one attached hydrogen (secondary N) is 1. The number of fused-ring (bicyclic) bond motifs is 4. The van der Waals surface area contributed by atoms with E-state index in [9.17, 15) is 9.59 Å². The van der Waals surface area contributed by atoms with Crippen LogP contribution in [0.25, 0.3) is 0 Å². The van der Waals surface area contributed by atoms with Gasteiger partial charge in [0.2, 0.25) is 11.8 Å². The maximum Gasteiger partial charge on any atom is 0.234 e. The Hall–Kier alpha value is -2.08. The maximum atomic E-state index is 13.0. The molecule has 4 rings (SSSR count). The SMILES string of the molecule is CCNC(=O)CN1C[C@H]2C[C@@H](C1)[C@H](Cc1cccc(OC)c1)N1C(=O)CCC[C@@H]21. The van der Waals surface area contributed by atoms with Crippen LogP contribution < -0.4 is 10.1 Å². The second kappa shape index (κ2) is 8.74. The van der Waals surface area contributed by atoms with Crippen molar-refractivity contribution in [2.24, 2.45) is 11.8 Å². The number of carbonyl (C=O) groups excluding carboxylic acids is 2. The van der Waals surface area contributed by atoms with Crippen LogP contribution in [0.5, 0.6) is 5.75 Å². The molecule has 1 N–H and O–H groups in total. The lowest BCUT2D eigenvalue weighted by molar-refractivity contribution is -0.153. The number of carbonyl (C=O) groups is 2. The van der Waals surface area contributed by atoms with Gasteiger partial charge in [-0.15, -0.1) is 0 Å². The van der Waals surface area contributed by atoms with Crippen LogP contribution in [0, 0.1) is 11.8 Å². The third kappa shape index (κ3) is 4.27. The molecule has 0 spiro atoms.